The molecule has 0 saturated heterocycles. The molecule has 1 heterocycles. The van der Waals surface area contributed by atoms with Crippen molar-refractivity contribution in [1.82, 2.24) is 4.72 Å². The molecule has 0 aliphatic rings. The number of rotatable bonds is 5. The van der Waals surface area contributed by atoms with E-state index in [-0.39, 0.29) is 10.8 Å². The highest BCUT2D eigenvalue weighted by Gasteiger charge is 2.30. The first-order valence-corrected chi connectivity index (χ1v) is 8.21. The van der Waals surface area contributed by atoms with Crippen molar-refractivity contribution < 1.29 is 18.3 Å². The number of hydrogen-bond donors (Lipinski definition) is 2. The van der Waals surface area contributed by atoms with Crippen molar-refractivity contribution in [2.45, 2.75) is 18.1 Å². The van der Waals surface area contributed by atoms with Gasteiger partial charge in [0.25, 0.3) is 0 Å². The zero-order valence-electron chi connectivity index (χ0n) is 9.53. The summed E-state index contributed by atoms with van der Waals surface area (Å²) < 4.78 is 26.6. The van der Waals surface area contributed by atoms with E-state index in [9.17, 15) is 13.2 Å². The molecule has 9 heteroatoms. The number of thiophene rings is 1. The monoisotopic (exact) mass is 375 g/mol. The second-order valence-corrected chi connectivity index (χ2v) is 8.97. The number of carboxylic acid groups (broad SMARTS) is 1. The summed E-state index contributed by atoms with van der Waals surface area (Å²) in [4.78, 5) is 10.9. The predicted molar refractivity (Wildman–Crippen MR) is 73.6 cm³/mol. The molecular weight excluding hydrogens is 366 g/mol. The lowest BCUT2D eigenvalue weighted by Gasteiger charge is -2.18. The van der Waals surface area contributed by atoms with Crippen LogP contribution in [-0.4, -0.2) is 26.0 Å². The molecule has 0 aliphatic heterocycles. The maximum atomic E-state index is 11.9. The van der Waals surface area contributed by atoms with Crippen molar-refractivity contribution in [1.29, 1.82) is 0 Å². The van der Waals surface area contributed by atoms with Crippen LogP contribution in [0.15, 0.2) is 14.1 Å². The number of carbonyl (C=O) groups is 1. The third-order valence-electron chi connectivity index (χ3n) is 2.17. The number of nitrogens with one attached hydrogen (secondary N) is 1. The largest absolute Gasteiger partial charge is 0.481 e. The van der Waals surface area contributed by atoms with Gasteiger partial charge in [0.1, 0.15) is 4.21 Å². The predicted octanol–water partition coefficient (Wildman–Crippen LogP) is 2.55. The number of carboxylic acids is 1. The summed E-state index contributed by atoms with van der Waals surface area (Å²) in [5.74, 6) is -1.07. The van der Waals surface area contributed by atoms with Gasteiger partial charge < -0.3 is 5.11 Å². The van der Waals surface area contributed by atoms with E-state index in [0.29, 0.717) is 8.81 Å². The lowest BCUT2D eigenvalue weighted by molar-refractivity contribution is -0.146. The van der Waals surface area contributed by atoms with Crippen molar-refractivity contribution >= 4 is 54.9 Å². The first-order chi connectivity index (χ1) is 8.06. The second-order valence-electron chi connectivity index (χ2n) is 4.20. The Bertz CT molecular complexity index is 548. The molecule has 0 spiro atoms. The van der Waals surface area contributed by atoms with Crippen LogP contribution < -0.4 is 4.72 Å². The first-order valence-electron chi connectivity index (χ1n) is 4.74. The molecule has 1 aromatic rings. The smallest absolute Gasteiger partial charge is 0.310 e. The van der Waals surface area contributed by atoms with Gasteiger partial charge in [-0.2, -0.15) is 0 Å². The second kappa shape index (κ2) is 5.46. The highest BCUT2D eigenvalue weighted by molar-refractivity contribution is 9.11. The standard InChI is InChI=1S/C9H11BrClNO4S2/c1-9(2,8(13)14)4-12-18(15,16)6-3-5(11)7(10)17-6/h3,12H,4H2,1-2H3,(H,13,14). The Morgan fingerprint density at radius 1 is 1.61 bits per heavy atom. The van der Waals surface area contributed by atoms with E-state index in [1.54, 1.807) is 0 Å². The Labute approximate surface area is 122 Å². The average Bonchev–Trinajstić information content (AvgIpc) is 2.57. The maximum Gasteiger partial charge on any atom is 0.310 e. The molecule has 0 unspecified atom stereocenters. The summed E-state index contributed by atoms with van der Waals surface area (Å²) in [6.45, 7) is 2.68. The Kier molecular flexibility index (Phi) is 4.82. The van der Waals surface area contributed by atoms with Gasteiger partial charge in [0, 0.05) is 6.54 Å². The van der Waals surface area contributed by atoms with E-state index in [4.69, 9.17) is 16.7 Å². The Morgan fingerprint density at radius 3 is 2.56 bits per heavy atom. The molecular formula is C9H11BrClNO4S2. The van der Waals surface area contributed by atoms with Gasteiger partial charge in [-0.3, -0.25) is 4.79 Å². The Morgan fingerprint density at radius 2 is 2.17 bits per heavy atom. The van der Waals surface area contributed by atoms with Gasteiger partial charge in [-0.1, -0.05) is 11.6 Å². The van der Waals surface area contributed by atoms with Crippen LogP contribution in [0.2, 0.25) is 5.02 Å². The van der Waals surface area contributed by atoms with Crippen LogP contribution in [0.3, 0.4) is 0 Å². The van der Waals surface area contributed by atoms with Gasteiger partial charge in [0.15, 0.2) is 0 Å². The normalized spacial score (nSPS) is 12.7. The number of hydrogen-bond acceptors (Lipinski definition) is 4. The molecule has 0 atom stereocenters. The maximum absolute atomic E-state index is 11.9. The number of aliphatic carboxylic acids is 1. The molecule has 0 fully saturated rings. The highest BCUT2D eigenvalue weighted by Crippen LogP contribution is 2.34. The molecule has 0 amide bonds. The van der Waals surface area contributed by atoms with E-state index in [2.05, 4.69) is 20.7 Å². The molecule has 1 rings (SSSR count). The van der Waals surface area contributed by atoms with Crippen LogP contribution in [-0.2, 0) is 14.8 Å². The molecule has 0 saturated carbocycles. The van der Waals surface area contributed by atoms with Crippen molar-refractivity contribution in [3.8, 4) is 0 Å². The van der Waals surface area contributed by atoms with Crippen LogP contribution in [0.1, 0.15) is 13.8 Å². The lowest BCUT2D eigenvalue weighted by Crippen LogP contribution is -2.38. The molecule has 0 aliphatic carbocycles. The zero-order valence-corrected chi connectivity index (χ0v) is 13.5. The Balaban J connectivity index is 2.87. The average molecular weight is 377 g/mol. The van der Waals surface area contributed by atoms with E-state index in [0.717, 1.165) is 11.3 Å². The van der Waals surface area contributed by atoms with Gasteiger partial charge in [-0.05, 0) is 35.8 Å². The first kappa shape index (κ1) is 15.9. The molecule has 5 nitrogen and oxygen atoms in total. The molecule has 102 valence electrons. The van der Waals surface area contributed by atoms with Gasteiger partial charge in [0.05, 0.1) is 14.2 Å². The topological polar surface area (TPSA) is 83.5 Å². The van der Waals surface area contributed by atoms with Gasteiger partial charge in [0.2, 0.25) is 10.0 Å². The van der Waals surface area contributed by atoms with E-state index < -0.39 is 21.4 Å². The fourth-order valence-electron chi connectivity index (χ4n) is 0.881. The summed E-state index contributed by atoms with van der Waals surface area (Å²) in [5.41, 5.74) is -1.18. The zero-order chi connectivity index (χ0) is 14.1. The third-order valence-corrected chi connectivity index (χ3v) is 6.52. The summed E-state index contributed by atoms with van der Waals surface area (Å²) in [6, 6.07) is 1.31. The van der Waals surface area contributed by atoms with Crippen LogP contribution in [0.5, 0.6) is 0 Å². The number of halogens is 2. The van der Waals surface area contributed by atoms with Gasteiger partial charge in [-0.25, -0.2) is 13.1 Å². The van der Waals surface area contributed by atoms with Crippen LogP contribution in [0, 0.1) is 5.41 Å². The SMILES string of the molecule is CC(C)(CNS(=O)(=O)c1cc(Cl)c(Br)s1)C(=O)O. The highest BCUT2D eigenvalue weighted by atomic mass is 79.9. The minimum Gasteiger partial charge on any atom is -0.481 e. The van der Waals surface area contributed by atoms with Crippen molar-refractivity contribution in [3.05, 3.63) is 14.9 Å². The third kappa shape index (κ3) is 3.67. The molecule has 0 radical (unpaired) electrons. The Hall–Kier alpha value is -0.150. The van der Waals surface area contributed by atoms with Crippen LogP contribution >= 0.6 is 38.9 Å². The summed E-state index contributed by atoms with van der Waals surface area (Å²) in [7, 11) is -3.74. The van der Waals surface area contributed by atoms with Crippen LogP contribution in [0.4, 0.5) is 0 Å². The summed E-state index contributed by atoms with van der Waals surface area (Å²) >= 11 is 9.84. The molecule has 0 aromatic carbocycles. The van der Waals surface area contributed by atoms with Gasteiger partial charge >= 0.3 is 5.97 Å². The van der Waals surface area contributed by atoms with Gasteiger partial charge in [-0.15, -0.1) is 11.3 Å². The van der Waals surface area contributed by atoms with E-state index in [1.165, 1.54) is 19.9 Å². The molecule has 18 heavy (non-hydrogen) atoms. The number of sulfonamides is 1. The van der Waals surface area contributed by atoms with Crippen LogP contribution in [0.25, 0.3) is 0 Å². The van der Waals surface area contributed by atoms with Crippen molar-refractivity contribution in [3.63, 3.8) is 0 Å². The fraction of sp³-hybridized carbons (Fsp3) is 0.444. The molecule has 1 aromatic heterocycles. The molecule has 2 N–H and O–H groups in total. The molecule has 0 bridgehead atoms. The van der Waals surface area contributed by atoms with Crippen molar-refractivity contribution in [2.24, 2.45) is 5.41 Å². The summed E-state index contributed by atoms with van der Waals surface area (Å²) in [5, 5.41) is 9.20. The quantitative estimate of drug-likeness (QED) is 0.827. The van der Waals surface area contributed by atoms with E-state index in [1.807, 2.05) is 0 Å². The lowest BCUT2D eigenvalue weighted by atomic mass is 9.95. The minimum atomic E-state index is -3.74. The van der Waals surface area contributed by atoms with E-state index >= 15 is 0 Å². The summed E-state index contributed by atoms with van der Waals surface area (Å²) in [6.07, 6.45) is 0. The van der Waals surface area contributed by atoms with Crippen molar-refractivity contribution in [2.75, 3.05) is 6.54 Å². The minimum absolute atomic E-state index is 0.0422. The fourth-order valence-corrected chi connectivity index (χ4v) is 4.54.